The number of fused-ring (bicyclic) bond motifs is 1. The molecule has 3 heterocycles. The van der Waals surface area contributed by atoms with Crippen molar-refractivity contribution in [2.75, 3.05) is 13.2 Å². The molecule has 2 N–H and O–H groups in total. The zero-order valence-electron chi connectivity index (χ0n) is 13.9. The lowest BCUT2D eigenvalue weighted by molar-refractivity contribution is -0.109. The fraction of sp³-hybridized carbons (Fsp3) is 0.765. The van der Waals surface area contributed by atoms with Gasteiger partial charge in [-0.3, -0.25) is 0 Å². The molecule has 0 radical (unpaired) electrons. The first kappa shape index (κ1) is 15.0. The van der Waals surface area contributed by atoms with E-state index in [4.69, 9.17) is 4.74 Å². The third kappa shape index (κ3) is 2.35. The second kappa shape index (κ2) is 5.51. The lowest BCUT2D eigenvalue weighted by Gasteiger charge is -2.55. The maximum Gasteiger partial charge on any atom is 0.318 e. The van der Waals surface area contributed by atoms with E-state index < -0.39 is 0 Å². The Labute approximate surface area is 137 Å². The Kier molecular flexibility index (Phi) is 3.59. The van der Waals surface area contributed by atoms with Crippen molar-refractivity contribution in [3.63, 3.8) is 0 Å². The number of nitrogens with one attached hydrogen (secondary N) is 2. The fourth-order valence-corrected chi connectivity index (χ4v) is 4.75. The summed E-state index contributed by atoms with van der Waals surface area (Å²) in [5.74, 6) is 1.37. The van der Waals surface area contributed by atoms with Gasteiger partial charge in [-0.1, -0.05) is 13.8 Å². The van der Waals surface area contributed by atoms with Crippen LogP contribution in [0, 0.1) is 11.3 Å². The number of hydrogen-bond donors (Lipinski definition) is 2. The molecular weight excluding hydrogens is 292 g/mol. The molecule has 126 valence electrons. The SMILES string of the molecule is CC1(C)[C@H](NC(=O)N2CCCC[C@@H]2c2ncc[nH]2)[C@H]2CCO[C@H]21. The number of H-pyrrole nitrogens is 1. The molecule has 23 heavy (non-hydrogen) atoms. The molecule has 0 aromatic carbocycles. The molecule has 2 amide bonds. The number of imidazole rings is 1. The molecule has 2 aliphatic heterocycles. The second-order valence-corrected chi connectivity index (χ2v) is 7.67. The Bertz CT molecular complexity index is 571. The third-order valence-electron chi connectivity index (χ3n) is 5.98. The summed E-state index contributed by atoms with van der Waals surface area (Å²) in [7, 11) is 0. The molecule has 1 aliphatic carbocycles. The topological polar surface area (TPSA) is 70.2 Å². The summed E-state index contributed by atoms with van der Waals surface area (Å²) < 4.78 is 5.82. The van der Waals surface area contributed by atoms with Gasteiger partial charge in [-0.2, -0.15) is 0 Å². The van der Waals surface area contributed by atoms with Gasteiger partial charge in [0, 0.05) is 42.9 Å². The molecule has 0 unspecified atom stereocenters. The minimum atomic E-state index is 0.0206. The van der Waals surface area contributed by atoms with E-state index in [1.54, 1.807) is 6.20 Å². The molecule has 3 fully saturated rings. The zero-order chi connectivity index (χ0) is 16.0. The van der Waals surface area contributed by atoms with E-state index in [0.29, 0.717) is 12.0 Å². The molecule has 3 aliphatic rings. The Balaban J connectivity index is 1.47. The smallest absolute Gasteiger partial charge is 0.318 e. The van der Waals surface area contributed by atoms with Gasteiger partial charge in [-0.25, -0.2) is 9.78 Å². The monoisotopic (exact) mass is 318 g/mol. The van der Waals surface area contributed by atoms with Gasteiger partial charge >= 0.3 is 6.03 Å². The van der Waals surface area contributed by atoms with E-state index in [-0.39, 0.29) is 23.5 Å². The van der Waals surface area contributed by atoms with Crippen LogP contribution in [0.25, 0.3) is 0 Å². The Morgan fingerprint density at radius 3 is 3.09 bits per heavy atom. The number of aromatic nitrogens is 2. The number of nitrogens with zero attached hydrogens (tertiary/aromatic N) is 2. The molecule has 2 saturated heterocycles. The second-order valence-electron chi connectivity index (χ2n) is 7.67. The van der Waals surface area contributed by atoms with Crippen LogP contribution in [0.3, 0.4) is 0 Å². The largest absolute Gasteiger partial charge is 0.377 e. The summed E-state index contributed by atoms with van der Waals surface area (Å²) in [6, 6.07) is 0.328. The minimum absolute atomic E-state index is 0.0206. The van der Waals surface area contributed by atoms with Crippen LogP contribution >= 0.6 is 0 Å². The van der Waals surface area contributed by atoms with Crippen LogP contribution in [0.4, 0.5) is 4.79 Å². The van der Waals surface area contributed by atoms with Crippen LogP contribution in [-0.2, 0) is 4.74 Å². The number of carbonyl (C=O) groups excluding carboxylic acids is 1. The summed E-state index contributed by atoms with van der Waals surface area (Å²) in [5, 5.41) is 3.31. The highest BCUT2D eigenvalue weighted by Crippen LogP contribution is 2.52. The van der Waals surface area contributed by atoms with E-state index in [1.165, 1.54) is 0 Å². The molecule has 0 spiro atoms. The van der Waals surface area contributed by atoms with Crippen LogP contribution in [-0.4, -0.2) is 46.2 Å². The first-order valence-electron chi connectivity index (χ1n) is 8.77. The van der Waals surface area contributed by atoms with Crippen molar-refractivity contribution in [2.24, 2.45) is 11.3 Å². The van der Waals surface area contributed by atoms with E-state index in [0.717, 1.165) is 44.7 Å². The number of hydrogen-bond acceptors (Lipinski definition) is 3. The Morgan fingerprint density at radius 2 is 2.30 bits per heavy atom. The van der Waals surface area contributed by atoms with Crippen molar-refractivity contribution < 1.29 is 9.53 Å². The summed E-state index contributed by atoms with van der Waals surface area (Å²) in [6.45, 7) is 6.02. The van der Waals surface area contributed by atoms with Gasteiger partial charge in [0.1, 0.15) is 5.82 Å². The maximum atomic E-state index is 12.9. The number of aromatic amines is 1. The van der Waals surface area contributed by atoms with Crippen molar-refractivity contribution in [3.8, 4) is 0 Å². The fourth-order valence-electron chi connectivity index (χ4n) is 4.75. The number of carbonyl (C=O) groups is 1. The third-order valence-corrected chi connectivity index (χ3v) is 5.98. The van der Waals surface area contributed by atoms with Gasteiger partial charge in [-0.15, -0.1) is 0 Å². The molecule has 0 bridgehead atoms. The van der Waals surface area contributed by atoms with Gasteiger partial charge in [0.25, 0.3) is 0 Å². The molecule has 4 atom stereocenters. The summed E-state index contributed by atoms with van der Waals surface area (Å²) >= 11 is 0. The number of piperidine rings is 1. The van der Waals surface area contributed by atoms with Crippen molar-refractivity contribution in [1.29, 1.82) is 0 Å². The molecule has 6 nitrogen and oxygen atoms in total. The maximum absolute atomic E-state index is 12.9. The quantitative estimate of drug-likeness (QED) is 0.880. The summed E-state index contributed by atoms with van der Waals surface area (Å²) in [4.78, 5) is 22.4. The predicted octanol–water partition coefficient (Wildman–Crippen LogP) is 2.46. The zero-order valence-corrected chi connectivity index (χ0v) is 13.9. The first-order valence-corrected chi connectivity index (χ1v) is 8.77. The van der Waals surface area contributed by atoms with E-state index >= 15 is 0 Å². The van der Waals surface area contributed by atoms with Gasteiger partial charge in [0.2, 0.25) is 0 Å². The highest BCUT2D eigenvalue weighted by molar-refractivity contribution is 5.75. The molecule has 4 rings (SSSR count). The number of rotatable bonds is 2. The summed E-state index contributed by atoms with van der Waals surface area (Å²) in [6.07, 6.45) is 8.13. The van der Waals surface area contributed by atoms with E-state index in [9.17, 15) is 4.79 Å². The van der Waals surface area contributed by atoms with Gasteiger partial charge < -0.3 is 19.9 Å². The predicted molar refractivity (Wildman–Crippen MR) is 85.8 cm³/mol. The van der Waals surface area contributed by atoms with Crippen LogP contribution in [0.15, 0.2) is 12.4 Å². The standard InChI is InChI=1S/C17H26N4O2/c1-17(2)13(11-6-10-23-14(11)17)20-16(22)21-9-4-3-5-12(21)15-18-7-8-19-15/h7-8,11-14H,3-6,9-10H2,1-2H3,(H,18,19)(H,20,22)/t11-,12-,13-,14-/m1/s1. The van der Waals surface area contributed by atoms with Crippen molar-refractivity contribution >= 4 is 6.03 Å². The summed E-state index contributed by atoms with van der Waals surface area (Å²) in [5.41, 5.74) is 0.0206. The van der Waals surface area contributed by atoms with Crippen LogP contribution < -0.4 is 5.32 Å². The van der Waals surface area contributed by atoms with Gasteiger partial charge in [-0.05, 0) is 25.7 Å². The number of likely N-dealkylation sites (tertiary alicyclic amines) is 1. The highest BCUT2D eigenvalue weighted by atomic mass is 16.5. The Morgan fingerprint density at radius 1 is 1.43 bits per heavy atom. The molecule has 6 heteroatoms. The van der Waals surface area contributed by atoms with Crippen LogP contribution in [0.5, 0.6) is 0 Å². The van der Waals surface area contributed by atoms with Gasteiger partial charge in [0.15, 0.2) is 0 Å². The number of ether oxygens (including phenoxy) is 1. The molecule has 1 aromatic rings. The lowest BCUT2D eigenvalue weighted by atomic mass is 9.57. The molecule has 1 saturated carbocycles. The lowest BCUT2D eigenvalue weighted by Crippen LogP contribution is -2.68. The molecular formula is C17H26N4O2. The highest BCUT2D eigenvalue weighted by Gasteiger charge is 2.60. The van der Waals surface area contributed by atoms with Crippen molar-refractivity contribution in [3.05, 3.63) is 18.2 Å². The number of urea groups is 1. The van der Waals surface area contributed by atoms with Crippen molar-refractivity contribution in [1.82, 2.24) is 20.2 Å². The van der Waals surface area contributed by atoms with E-state index in [2.05, 4.69) is 29.1 Å². The van der Waals surface area contributed by atoms with Crippen LogP contribution in [0.1, 0.15) is 51.4 Å². The minimum Gasteiger partial charge on any atom is -0.377 e. The average Bonchev–Trinajstić information content (AvgIpc) is 3.22. The molecule has 1 aromatic heterocycles. The normalized spacial score (nSPS) is 35.5. The first-order chi connectivity index (χ1) is 11.1. The number of amides is 2. The van der Waals surface area contributed by atoms with Gasteiger partial charge in [0.05, 0.1) is 12.1 Å². The van der Waals surface area contributed by atoms with Crippen molar-refractivity contribution in [2.45, 2.75) is 57.7 Å². The van der Waals surface area contributed by atoms with Crippen LogP contribution in [0.2, 0.25) is 0 Å². The average molecular weight is 318 g/mol. The Hall–Kier alpha value is -1.56. The van der Waals surface area contributed by atoms with E-state index in [1.807, 2.05) is 11.1 Å².